The first-order valence-corrected chi connectivity index (χ1v) is 5.52. The normalized spacial score (nSPS) is 17.0. The molecular weight excluding hydrogens is 220 g/mol. The van der Waals surface area contributed by atoms with Gasteiger partial charge in [-0.1, -0.05) is 0 Å². The van der Waals surface area contributed by atoms with Crippen LogP contribution in [0.3, 0.4) is 0 Å². The van der Waals surface area contributed by atoms with Crippen LogP contribution < -0.4 is 5.32 Å². The van der Waals surface area contributed by atoms with E-state index < -0.39 is 11.5 Å². The maximum atomic E-state index is 11.9. The van der Waals surface area contributed by atoms with Gasteiger partial charge in [-0.3, -0.25) is 9.78 Å². The molecule has 5 nitrogen and oxygen atoms in total. The lowest BCUT2D eigenvalue weighted by Crippen LogP contribution is -2.59. The summed E-state index contributed by atoms with van der Waals surface area (Å²) in [4.78, 5) is 27.0. The van der Waals surface area contributed by atoms with Crippen molar-refractivity contribution in [1.82, 2.24) is 10.3 Å². The van der Waals surface area contributed by atoms with Gasteiger partial charge in [0.25, 0.3) is 5.91 Å². The van der Waals surface area contributed by atoms with E-state index in [0.29, 0.717) is 18.4 Å². The molecule has 1 saturated carbocycles. The SMILES string of the molecule is Cc1cc(C(=O)NC2(C(=O)O)CCC2)ccn1. The first kappa shape index (κ1) is 11.6. The fourth-order valence-electron chi connectivity index (χ4n) is 1.90. The number of aryl methyl sites for hydroxylation is 1. The summed E-state index contributed by atoms with van der Waals surface area (Å²) in [6.45, 7) is 1.78. The third kappa shape index (κ3) is 2.13. The molecule has 17 heavy (non-hydrogen) atoms. The molecule has 0 bridgehead atoms. The number of rotatable bonds is 3. The standard InChI is InChI=1S/C12H14N2O3/c1-8-7-9(3-6-13-8)10(15)14-12(11(16)17)4-2-5-12/h3,6-7H,2,4-5H2,1H3,(H,14,15)(H,16,17). The van der Waals surface area contributed by atoms with E-state index in [1.807, 2.05) is 0 Å². The predicted octanol–water partition coefficient (Wildman–Crippen LogP) is 1.13. The van der Waals surface area contributed by atoms with Crippen LogP contribution in [0.4, 0.5) is 0 Å². The first-order valence-electron chi connectivity index (χ1n) is 5.52. The van der Waals surface area contributed by atoms with Crippen LogP contribution in [-0.4, -0.2) is 27.5 Å². The molecule has 0 unspecified atom stereocenters. The molecule has 1 aromatic rings. The molecule has 2 N–H and O–H groups in total. The summed E-state index contributed by atoms with van der Waals surface area (Å²) in [5.41, 5.74) is 0.120. The molecule has 0 radical (unpaired) electrons. The zero-order valence-electron chi connectivity index (χ0n) is 9.56. The van der Waals surface area contributed by atoms with Crippen molar-refractivity contribution in [3.63, 3.8) is 0 Å². The molecule has 0 aliphatic heterocycles. The monoisotopic (exact) mass is 234 g/mol. The maximum absolute atomic E-state index is 11.9. The minimum Gasteiger partial charge on any atom is -0.480 e. The average Bonchev–Trinajstić information content (AvgIpc) is 2.22. The predicted molar refractivity (Wildman–Crippen MR) is 60.7 cm³/mol. The maximum Gasteiger partial charge on any atom is 0.329 e. The van der Waals surface area contributed by atoms with Crippen LogP contribution in [0, 0.1) is 6.92 Å². The number of amides is 1. The van der Waals surface area contributed by atoms with Gasteiger partial charge in [-0.05, 0) is 38.3 Å². The van der Waals surface area contributed by atoms with Crippen molar-refractivity contribution in [3.8, 4) is 0 Å². The van der Waals surface area contributed by atoms with Crippen LogP contribution in [0.5, 0.6) is 0 Å². The van der Waals surface area contributed by atoms with E-state index in [0.717, 1.165) is 12.1 Å². The second-order valence-corrected chi connectivity index (χ2v) is 4.38. The molecule has 1 aromatic heterocycles. The molecule has 2 rings (SSSR count). The molecule has 1 aliphatic carbocycles. The van der Waals surface area contributed by atoms with E-state index in [9.17, 15) is 9.59 Å². The highest BCUT2D eigenvalue weighted by molar-refractivity contribution is 5.98. The van der Waals surface area contributed by atoms with Crippen molar-refractivity contribution in [3.05, 3.63) is 29.6 Å². The Morgan fingerprint density at radius 2 is 2.18 bits per heavy atom. The minimum absolute atomic E-state index is 0.349. The number of hydrogen-bond acceptors (Lipinski definition) is 3. The summed E-state index contributed by atoms with van der Waals surface area (Å²) in [5, 5.41) is 11.7. The number of carboxylic acids is 1. The van der Waals surface area contributed by atoms with Gasteiger partial charge in [0.1, 0.15) is 5.54 Å². The minimum atomic E-state index is -1.06. The van der Waals surface area contributed by atoms with E-state index in [2.05, 4.69) is 10.3 Å². The number of aromatic nitrogens is 1. The number of pyridine rings is 1. The summed E-state index contributed by atoms with van der Waals surface area (Å²) in [5.74, 6) is -1.31. The largest absolute Gasteiger partial charge is 0.480 e. The Kier molecular flexibility index (Phi) is 2.83. The lowest BCUT2D eigenvalue weighted by molar-refractivity contribution is -0.148. The van der Waals surface area contributed by atoms with Crippen LogP contribution in [0.1, 0.15) is 35.3 Å². The van der Waals surface area contributed by atoms with E-state index in [1.165, 1.54) is 0 Å². The molecule has 1 heterocycles. The Bertz CT molecular complexity index is 467. The number of hydrogen-bond donors (Lipinski definition) is 2. The molecule has 0 atom stereocenters. The molecule has 0 saturated heterocycles. The molecule has 0 spiro atoms. The Balaban J connectivity index is 2.14. The average molecular weight is 234 g/mol. The molecule has 5 heteroatoms. The van der Waals surface area contributed by atoms with Crippen LogP contribution in [0.25, 0.3) is 0 Å². The summed E-state index contributed by atoms with van der Waals surface area (Å²) < 4.78 is 0. The number of nitrogens with zero attached hydrogens (tertiary/aromatic N) is 1. The van der Waals surface area contributed by atoms with Crippen molar-refractivity contribution >= 4 is 11.9 Å². The lowest BCUT2D eigenvalue weighted by atomic mass is 9.76. The molecule has 1 aliphatic rings. The van der Waals surface area contributed by atoms with E-state index in [4.69, 9.17) is 5.11 Å². The van der Waals surface area contributed by atoms with Crippen LogP contribution >= 0.6 is 0 Å². The van der Waals surface area contributed by atoms with Gasteiger partial charge in [-0.25, -0.2) is 4.79 Å². The summed E-state index contributed by atoms with van der Waals surface area (Å²) in [6.07, 6.45) is 3.37. The zero-order chi connectivity index (χ0) is 12.5. The molecular formula is C12H14N2O3. The van der Waals surface area contributed by atoms with Crippen molar-refractivity contribution in [1.29, 1.82) is 0 Å². The number of carbonyl (C=O) groups excluding carboxylic acids is 1. The van der Waals surface area contributed by atoms with Crippen LogP contribution in [0.15, 0.2) is 18.3 Å². The molecule has 90 valence electrons. The molecule has 1 amide bonds. The first-order chi connectivity index (χ1) is 8.03. The van der Waals surface area contributed by atoms with Gasteiger partial charge in [-0.2, -0.15) is 0 Å². The number of carboxylic acid groups (broad SMARTS) is 1. The quantitative estimate of drug-likeness (QED) is 0.821. The Hall–Kier alpha value is -1.91. The van der Waals surface area contributed by atoms with Crippen molar-refractivity contribution in [2.24, 2.45) is 0 Å². The second-order valence-electron chi connectivity index (χ2n) is 4.38. The van der Waals surface area contributed by atoms with E-state index >= 15 is 0 Å². The van der Waals surface area contributed by atoms with Crippen molar-refractivity contribution in [2.45, 2.75) is 31.7 Å². The molecule has 1 fully saturated rings. The van der Waals surface area contributed by atoms with Gasteiger partial charge >= 0.3 is 5.97 Å². The van der Waals surface area contributed by atoms with Gasteiger partial charge in [0.05, 0.1) is 0 Å². The summed E-state index contributed by atoms with van der Waals surface area (Å²) in [6, 6.07) is 3.22. The Morgan fingerprint density at radius 1 is 1.47 bits per heavy atom. The second kappa shape index (κ2) is 4.16. The summed E-state index contributed by atoms with van der Waals surface area (Å²) in [7, 11) is 0. The highest BCUT2D eigenvalue weighted by atomic mass is 16.4. The fraction of sp³-hybridized carbons (Fsp3) is 0.417. The van der Waals surface area contributed by atoms with E-state index in [-0.39, 0.29) is 5.91 Å². The van der Waals surface area contributed by atoms with Gasteiger partial charge < -0.3 is 10.4 Å². The van der Waals surface area contributed by atoms with Crippen molar-refractivity contribution in [2.75, 3.05) is 0 Å². The third-order valence-corrected chi connectivity index (χ3v) is 3.13. The molecule has 0 aromatic carbocycles. The van der Waals surface area contributed by atoms with Gasteiger partial charge in [0.2, 0.25) is 0 Å². The van der Waals surface area contributed by atoms with Gasteiger partial charge in [-0.15, -0.1) is 0 Å². The zero-order valence-corrected chi connectivity index (χ0v) is 9.56. The Labute approximate surface area is 98.9 Å². The highest BCUT2D eigenvalue weighted by Gasteiger charge is 2.45. The number of nitrogens with one attached hydrogen (secondary N) is 1. The van der Waals surface area contributed by atoms with Gasteiger partial charge in [0.15, 0.2) is 0 Å². The third-order valence-electron chi connectivity index (χ3n) is 3.13. The van der Waals surface area contributed by atoms with Crippen molar-refractivity contribution < 1.29 is 14.7 Å². The van der Waals surface area contributed by atoms with Crippen LogP contribution in [0.2, 0.25) is 0 Å². The Morgan fingerprint density at radius 3 is 2.65 bits per heavy atom. The van der Waals surface area contributed by atoms with E-state index in [1.54, 1.807) is 25.3 Å². The van der Waals surface area contributed by atoms with Gasteiger partial charge in [0, 0.05) is 17.5 Å². The smallest absolute Gasteiger partial charge is 0.329 e. The highest BCUT2D eigenvalue weighted by Crippen LogP contribution is 2.32. The lowest BCUT2D eigenvalue weighted by Gasteiger charge is -2.38. The topological polar surface area (TPSA) is 79.3 Å². The fourth-order valence-corrected chi connectivity index (χ4v) is 1.90. The number of carbonyl (C=O) groups is 2. The summed E-state index contributed by atoms with van der Waals surface area (Å²) >= 11 is 0. The number of aliphatic carboxylic acids is 1. The van der Waals surface area contributed by atoms with Crippen LogP contribution in [-0.2, 0) is 4.79 Å².